The summed E-state index contributed by atoms with van der Waals surface area (Å²) in [5, 5.41) is 8.30. The number of carbonyl (C=O) groups is 1. The first-order valence-electron chi connectivity index (χ1n) is 6.35. The molecule has 4 heteroatoms. The molecule has 0 radical (unpaired) electrons. The number of amides is 1. The van der Waals surface area contributed by atoms with Gasteiger partial charge in [0.2, 0.25) is 5.91 Å². The van der Waals surface area contributed by atoms with E-state index < -0.39 is 0 Å². The van der Waals surface area contributed by atoms with Gasteiger partial charge < -0.3 is 4.74 Å². The Kier molecular flexibility index (Phi) is 6.87. The van der Waals surface area contributed by atoms with E-state index in [9.17, 15) is 4.79 Å². The molecule has 0 aromatic heterocycles. The van der Waals surface area contributed by atoms with Gasteiger partial charge in [-0.25, -0.2) is 5.48 Å². The first-order chi connectivity index (χ1) is 8.72. The molecule has 0 heterocycles. The Morgan fingerprint density at radius 3 is 2.78 bits per heavy atom. The summed E-state index contributed by atoms with van der Waals surface area (Å²) in [5.41, 5.74) is 2.83. The minimum Gasteiger partial charge on any atom is -0.494 e. The van der Waals surface area contributed by atoms with Crippen molar-refractivity contribution in [3.8, 4) is 5.75 Å². The van der Waals surface area contributed by atoms with Gasteiger partial charge in [-0.05, 0) is 37.5 Å². The molecule has 0 unspecified atom stereocenters. The molecule has 18 heavy (non-hydrogen) atoms. The third-order valence-corrected chi connectivity index (χ3v) is 2.68. The maximum absolute atomic E-state index is 10.7. The summed E-state index contributed by atoms with van der Waals surface area (Å²) in [6.45, 7) is 2.74. The van der Waals surface area contributed by atoms with Crippen LogP contribution in [-0.2, 0) is 4.79 Å². The van der Waals surface area contributed by atoms with Crippen LogP contribution in [0.5, 0.6) is 5.75 Å². The summed E-state index contributed by atoms with van der Waals surface area (Å²) in [6, 6.07) is 8.00. The number of hydrogen-bond donors (Lipinski definition) is 2. The van der Waals surface area contributed by atoms with E-state index in [0.717, 1.165) is 31.4 Å². The molecule has 1 amide bonds. The SMILES string of the molecule is Cc1cccc(OCCCCCCC(=O)NO)c1. The van der Waals surface area contributed by atoms with Gasteiger partial charge in [-0.2, -0.15) is 0 Å². The molecule has 0 saturated heterocycles. The summed E-state index contributed by atoms with van der Waals surface area (Å²) >= 11 is 0. The molecule has 0 spiro atoms. The summed E-state index contributed by atoms with van der Waals surface area (Å²) in [7, 11) is 0. The van der Waals surface area contributed by atoms with Gasteiger partial charge in [0.25, 0.3) is 0 Å². The maximum Gasteiger partial charge on any atom is 0.243 e. The summed E-state index contributed by atoms with van der Waals surface area (Å²) in [6.07, 6.45) is 4.18. The smallest absolute Gasteiger partial charge is 0.243 e. The van der Waals surface area contributed by atoms with E-state index in [-0.39, 0.29) is 5.91 Å². The highest BCUT2D eigenvalue weighted by molar-refractivity contribution is 5.74. The van der Waals surface area contributed by atoms with Gasteiger partial charge in [0, 0.05) is 6.42 Å². The molecule has 0 atom stereocenters. The average Bonchev–Trinajstić information content (AvgIpc) is 2.37. The second kappa shape index (κ2) is 8.53. The monoisotopic (exact) mass is 251 g/mol. The first-order valence-corrected chi connectivity index (χ1v) is 6.35. The highest BCUT2D eigenvalue weighted by Crippen LogP contribution is 2.13. The zero-order valence-electron chi connectivity index (χ0n) is 10.8. The van der Waals surface area contributed by atoms with Crippen molar-refractivity contribution in [3.63, 3.8) is 0 Å². The Morgan fingerprint density at radius 1 is 1.28 bits per heavy atom. The largest absolute Gasteiger partial charge is 0.494 e. The first kappa shape index (κ1) is 14.5. The van der Waals surface area contributed by atoms with E-state index in [1.54, 1.807) is 5.48 Å². The molecule has 1 aromatic carbocycles. The minimum absolute atomic E-state index is 0.314. The Morgan fingerprint density at radius 2 is 2.06 bits per heavy atom. The lowest BCUT2D eigenvalue weighted by Crippen LogP contribution is -2.17. The van der Waals surface area contributed by atoms with Gasteiger partial charge in [0.15, 0.2) is 0 Å². The highest BCUT2D eigenvalue weighted by atomic mass is 16.5. The molecule has 0 aliphatic heterocycles. The molecule has 100 valence electrons. The van der Waals surface area contributed by atoms with Gasteiger partial charge in [0.1, 0.15) is 5.75 Å². The van der Waals surface area contributed by atoms with Crippen LogP contribution in [-0.4, -0.2) is 17.7 Å². The van der Waals surface area contributed by atoms with Crippen LogP contribution >= 0.6 is 0 Å². The van der Waals surface area contributed by atoms with E-state index in [4.69, 9.17) is 9.94 Å². The van der Waals surface area contributed by atoms with Crippen molar-refractivity contribution < 1.29 is 14.7 Å². The van der Waals surface area contributed by atoms with Crippen LogP contribution in [0.15, 0.2) is 24.3 Å². The van der Waals surface area contributed by atoms with Crippen molar-refractivity contribution in [3.05, 3.63) is 29.8 Å². The molecule has 2 N–H and O–H groups in total. The second-order valence-corrected chi connectivity index (χ2v) is 4.36. The average molecular weight is 251 g/mol. The van der Waals surface area contributed by atoms with Crippen molar-refractivity contribution in [2.45, 2.75) is 39.0 Å². The zero-order valence-corrected chi connectivity index (χ0v) is 10.8. The van der Waals surface area contributed by atoms with Gasteiger partial charge in [-0.1, -0.05) is 25.0 Å². The van der Waals surface area contributed by atoms with Crippen LogP contribution in [0.25, 0.3) is 0 Å². The number of unbranched alkanes of at least 4 members (excludes halogenated alkanes) is 3. The Bertz CT molecular complexity index is 366. The zero-order chi connectivity index (χ0) is 13.2. The summed E-state index contributed by atoms with van der Waals surface area (Å²) in [4.78, 5) is 10.7. The van der Waals surface area contributed by atoms with Gasteiger partial charge in [0.05, 0.1) is 6.61 Å². The Hall–Kier alpha value is -1.55. The van der Waals surface area contributed by atoms with Gasteiger partial charge >= 0.3 is 0 Å². The van der Waals surface area contributed by atoms with Gasteiger partial charge in [-0.15, -0.1) is 0 Å². The third-order valence-electron chi connectivity index (χ3n) is 2.68. The maximum atomic E-state index is 10.7. The Balaban J connectivity index is 2.00. The fourth-order valence-electron chi connectivity index (χ4n) is 1.69. The van der Waals surface area contributed by atoms with Crippen LogP contribution in [0.1, 0.15) is 37.7 Å². The van der Waals surface area contributed by atoms with Gasteiger partial charge in [-0.3, -0.25) is 10.0 Å². The lowest BCUT2D eigenvalue weighted by atomic mass is 10.1. The molecule has 0 saturated carbocycles. The summed E-state index contributed by atoms with van der Waals surface area (Å²) in [5.74, 6) is 0.598. The number of hydroxylamine groups is 1. The van der Waals surface area contributed by atoms with Crippen molar-refractivity contribution in [2.75, 3.05) is 6.61 Å². The molecule has 0 fully saturated rings. The van der Waals surface area contributed by atoms with E-state index in [2.05, 4.69) is 0 Å². The van der Waals surface area contributed by atoms with Crippen LogP contribution < -0.4 is 10.2 Å². The molecule has 0 bridgehead atoms. The molecule has 1 aromatic rings. The van der Waals surface area contributed by atoms with Crippen LogP contribution in [0.2, 0.25) is 0 Å². The number of rotatable bonds is 8. The minimum atomic E-state index is -0.314. The van der Waals surface area contributed by atoms with Crippen LogP contribution in [0.3, 0.4) is 0 Å². The molecule has 0 aliphatic carbocycles. The predicted octanol–water partition coefficient (Wildman–Crippen LogP) is 2.83. The second-order valence-electron chi connectivity index (χ2n) is 4.36. The lowest BCUT2D eigenvalue weighted by molar-refractivity contribution is -0.129. The highest BCUT2D eigenvalue weighted by Gasteiger charge is 1.98. The van der Waals surface area contributed by atoms with Crippen molar-refractivity contribution in [1.82, 2.24) is 5.48 Å². The van der Waals surface area contributed by atoms with Crippen molar-refractivity contribution in [1.29, 1.82) is 0 Å². The predicted molar refractivity (Wildman–Crippen MR) is 69.7 cm³/mol. The van der Waals surface area contributed by atoms with E-state index >= 15 is 0 Å². The van der Waals surface area contributed by atoms with E-state index in [1.807, 2.05) is 31.2 Å². The van der Waals surface area contributed by atoms with Crippen molar-refractivity contribution in [2.24, 2.45) is 0 Å². The van der Waals surface area contributed by atoms with Crippen molar-refractivity contribution >= 4 is 5.91 Å². The third kappa shape index (κ3) is 6.25. The summed E-state index contributed by atoms with van der Waals surface area (Å²) < 4.78 is 5.62. The fraction of sp³-hybridized carbons (Fsp3) is 0.500. The Labute approximate surface area is 108 Å². The molecule has 0 aliphatic rings. The number of nitrogens with one attached hydrogen (secondary N) is 1. The molecule has 1 rings (SSSR count). The number of benzene rings is 1. The molecular weight excluding hydrogens is 230 g/mol. The number of carbonyl (C=O) groups excluding carboxylic acids is 1. The normalized spacial score (nSPS) is 10.1. The number of aryl methyl sites for hydroxylation is 1. The van der Waals surface area contributed by atoms with E-state index in [0.29, 0.717) is 13.0 Å². The molecule has 4 nitrogen and oxygen atoms in total. The van der Waals surface area contributed by atoms with Crippen LogP contribution in [0, 0.1) is 6.92 Å². The quantitative estimate of drug-likeness (QED) is 0.424. The van der Waals surface area contributed by atoms with E-state index in [1.165, 1.54) is 5.56 Å². The topological polar surface area (TPSA) is 58.6 Å². The van der Waals surface area contributed by atoms with Crippen LogP contribution in [0.4, 0.5) is 0 Å². The molecular formula is C14H21NO3. The number of hydrogen-bond acceptors (Lipinski definition) is 3. The lowest BCUT2D eigenvalue weighted by Gasteiger charge is -2.06. The standard InChI is InChI=1S/C14H21NO3/c1-12-7-6-8-13(11-12)18-10-5-3-2-4-9-14(16)15-17/h6-8,11,17H,2-5,9-10H2,1H3,(H,15,16). The fourth-order valence-corrected chi connectivity index (χ4v) is 1.69. The number of ether oxygens (including phenoxy) is 1.